The summed E-state index contributed by atoms with van der Waals surface area (Å²) in [5, 5.41) is 0. The second-order valence-corrected chi connectivity index (χ2v) is 5.08. The fraction of sp³-hybridized carbons (Fsp3) is 0.818. The minimum Gasteiger partial charge on any atom is -0.224 e. The molecule has 0 aromatic heterocycles. The molecule has 0 saturated heterocycles. The summed E-state index contributed by atoms with van der Waals surface area (Å²) in [6, 6.07) is 0. The Morgan fingerprint density at radius 3 is 0.885 bits per heavy atom. The van der Waals surface area contributed by atoms with Crippen LogP contribution in [0.3, 0.4) is 0 Å². The summed E-state index contributed by atoms with van der Waals surface area (Å²) in [6.45, 7) is 0. The molecule has 156 valence electrons. The highest BCUT2D eigenvalue weighted by atomic mass is 19.4. The first kappa shape index (κ1) is 24.7. The van der Waals surface area contributed by atoms with Gasteiger partial charge in [0.15, 0.2) is 0 Å². The van der Waals surface area contributed by atoms with E-state index in [0.717, 1.165) is 0 Å². The van der Waals surface area contributed by atoms with Crippen LogP contribution in [0.4, 0.5) is 65.9 Å². The molecule has 0 amide bonds. The quantitative estimate of drug-likeness (QED) is 0.441. The normalized spacial score (nSPS) is 16.0. The molecule has 0 N–H and O–H groups in total. The maximum atomic E-state index is 13.5. The number of rotatable bonds is 5. The van der Waals surface area contributed by atoms with Crippen molar-refractivity contribution in [3.05, 3.63) is 12.4 Å². The average molecular weight is 424 g/mol. The Bertz CT molecular complexity index is 420. The Balaban J connectivity index is 6.10. The van der Waals surface area contributed by atoms with E-state index >= 15 is 0 Å². The van der Waals surface area contributed by atoms with Crippen molar-refractivity contribution in [1.29, 1.82) is 0 Å². The summed E-state index contributed by atoms with van der Waals surface area (Å²) in [5.74, 6) is -3.40. The third-order valence-corrected chi connectivity index (χ3v) is 3.23. The standard InChI is InChI=1S/C11H7F15/c12-2-1-5(3-6(13,8(15,16)17)9(18,19)20)4-7(14,10(21,22)23)11(24,25)26/h1-2,5H,3-4H2/b2-1+. The molecule has 0 saturated carbocycles. The predicted octanol–water partition coefficient (Wildman–Crippen LogP) is 6.53. The molecule has 0 rings (SSSR count). The van der Waals surface area contributed by atoms with E-state index < -0.39 is 67.2 Å². The molecule has 0 spiro atoms. The van der Waals surface area contributed by atoms with Gasteiger partial charge in [-0.15, -0.1) is 0 Å². The van der Waals surface area contributed by atoms with Crippen LogP contribution in [0.5, 0.6) is 0 Å². The summed E-state index contributed by atoms with van der Waals surface area (Å²) < 4.78 is 187. The zero-order valence-electron chi connectivity index (χ0n) is 11.8. The molecule has 0 aliphatic carbocycles. The molecule has 0 unspecified atom stereocenters. The predicted molar refractivity (Wildman–Crippen MR) is 54.9 cm³/mol. The van der Waals surface area contributed by atoms with Crippen molar-refractivity contribution in [2.75, 3.05) is 0 Å². The molecule has 0 fully saturated rings. The number of allylic oxidation sites excluding steroid dienone is 1. The van der Waals surface area contributed by atoms with Crippen LogP contribution >= 0.6 is 0 Å². The first-order valence-corrected chi connectivity index (χ1v) is 6.05. The van der Waals surface area contributed by atoms with E-state index in [2.05, 4.69) is 0 Å². The minimum atomic E-state index is -6.83. The van der Waals surface area contributed by atoms with Crippen molar-refractivity contribution in [2.45, 2.75) is 48.9 Å². The molecule has 0 bridgehead atoms. The summed E-state index contributed by atoms with van der Waals surface area (Å²) in [5.41, 5.74) is -12.6. The average Bonchev–Trinajstić information content (AvgIpc) is 2.33. The molecular formula is C11H7F15. The van der Waals surface area contributed by atoms with Gasteiger partial charge < -0.3 is 0 Å². The number of hydrogen-bond acceptors (Lipinski definition) is 0. The lowest BCUT2D eigenvalue weighted by atomic mass is 9.82. The summed E-state index contributed by atoms with van der Waals surface area (Å²) in [4.78, 5) is 0. The fourth-order valence-electron chi connectivity index (χ4n) is 1.82. The van der Waals surface area contributed by atoms with E-state index in [1.54, 1.807) is 0 Å². The van der Waals surface area contributed by atoms with E-state index in [1.165, 1.54) is 0 Å². The molecule has 26 heavy (non-hydrogen) atoms. The monoisotopic (exact) mass is 424 g/mol. The molecule has 0 heterocycles. The van der Waals surface area contributed by atoms with E-state index in [0.29, 0.717) is 0 Å². The topological polar surface area (TPSA) is 0 Å². The van der Waals surface area contributed by atoms with Crippen LogP contribution in [0, 0.1) is 5.92 Å². The van der Waals surface area contributed by atoms with Gasteiger partial charge in [0.2, 0.25) is 0 Å². The second-order valence-electron chi connectivity index (χ2n) is 5.08. The second kappa shape index (κ2) is 7.02. The fourth-order valence-corrected chi connectivity index (χ4v) is 1.82. The largest absolute Gasteiger partial charge is 0.431 e. The van der Waals surface area contributed by atoms with Gasteiger partial charge in [-0.3, -0.25) is 0 Å². The van der Waals surface area contributed by atoms with Crippen molar-refractivity contribution < 1.29 is 65.9 Å². The van der Waals surface area contributed by atoms with Crippen molar-refractivity contribution >= 4 is 0 Å². The third kappa shape index (κ3) is 4.69. The van der Waals surface area contributed by atoms with E-state index in [1.807, 2.05) is 0 Å². The Labute approximate surface area is 134 Å². The Hall–Kier alpha value is -1.31. The van der Waals surface area contributed by atoms with Crippen LogP contribution < -0.4 is 0 Å². The van der Waals surface area contributed by atoms with Crippen molar-refractivity contribution in [3.8, 4) is 0 Å². The Morgan fingerprint density at radius 1 is 0.500 bits per heavy atom. The molecule has 0 nitrogen and oxygen atoms in total. The van der Waals surface area contributed by atoms with Gasteiger partial charge in [-0.05, 0) is 5.92 Å². The van der Waals surface area contributed by atoms with Gasteiger partial charge in [0.05, 0.1) is 6.33 Å². The third-order valence-electron chi connectivity index (χ3n) is 3.23. The molecule has 0 aliphatic heterocycles. The first-order chi connectivity index (χ1) is 11.1. The lowest BCUT2D eigenvalue weighted by Crippen LogP contribution is -2.57. The Kier molecular flexibility index (Phi) is 6.66. The number of alkyl halides is 14. The van der Waals surface area contributed by atoms with Crippen molar-refractivity contribution in [2.24, 2.45) is 5.92 Å². The first-order valence-electron chi connectivity index (χ1n) is 6.05. The molecular weight excluding hydrogens is 417 g/mol. The zero-order valence-corrected chi connectivity index (χ0v) is 11.8. The summed E-state index contributed by atoms with van der Waals surface area (Å²) in [6.07, 6.45) is -35.3. The number of hydrogen-bond donors (Lipinski definition) is 0. The van der Waals surface area contributed by atoms with Crippen LogP contribution in [0.25, 0.3) is 0 Å². The van der Waals surface area contributed by atoms with Crippen molar-refractivity contribution in [1.82, 2.24) is 0 Å². The van der Waals surface area contributed by atoms with Gasteiger partial charge in [-0.2, -0.15) is 52.7 Å². The maximum Gasteiger partial charge on any atom is 0.431 e. The van der Waals surface area contributed by atoms with Gasteiger partial charge in [0, 0.05) is 12.8 Å². The van der Waals surface area contributed by atoms with Crippen LogP contribution in [-0.2, 0) is 0 Å². The van der Waals surface area contributed by atoms with Crippen LogP contribution in [0.15, 0.2) is 12.4 Å². The van der Waals surface area contributed by atoms with Gasteiger partial charge in [-0.25, -0.2) is 13.2 Å². The molecule has 0 atom stereocenters. The van der Waals surface area contributed by atoms with Gasteiger partial charge in [-0.1, -0.05) is 6.08 Å². The van der Waals surface area contributed by atoms with Gasteiger partial charge in [0.1, 0.15) is 0 Å². The summed E-state index contributed by atoms with van der Waals surface area (Å²) in [7, 11) is 0. The zero-order chi connectivity index (χ0) is 21.4. The Morgan fingerprint density at radius 2 is 0.731 bits per heavy atom. The van der Waals surface area contributed by atoms with E-state index in [-0.39, 0.29) is 0 Å². The van der Waals surface area contributed by atoms with Gasteiger partial charge >= 0.3 is 24.7 Å². The summed E-state index contributed by atoms with van der Waals surface area (Å²) >= 11 is 0. The van der Waals surface area contributed by atoms with E-state index in [9.17, 15) is 65.9 Å². The maximum absolute atomic E-state index is 13.5. The highest BCUT2D eigenvalue weighted by Crippen LogP contribution is 2.54. The van der Waals surface area contributed by atoms with Crippen LogP contribution in [0.1, 0.15) is 12.8 Å². The van der Waals surface area contributed by atoms with Crippen LogP contribution in [-0.4, -0.2) is 36.0 Å². The SMILES string of the molecule is F/C=C/C(CC(F)(C(F)(F)F)C(F)(F)F)CC(F)(C(F)(F)F)C(F)(F)F. The molecule has 0 aromatic carbocycles. The van der Waals surface area contributed by atoms with Crippen molar-refractivity contribution in [3.63, 3.8) is 0 Å². The minimum absolute atomic E-state index is 0.655. The molecule has 15 heteroatoms. The lowest BCUT2D eigenvalue weighted by molar-refractivity contribution is -0.355. The molecule has 0 radical (unpaired) electrons. The van der Waals surface area contributed by atoms with E-state index in [4.69, 9.17) is 0 Å². The van der Waals surface area contributed by atoms with Crippen LogP contribution in [0.2, 0.25) is 0 Å². The highest BCUT2D eigenvalue weighted by molar-refractivity contribution is 5.04. The smallest absolute Gasteiger partial charge is 0.224 e. The molecule has 0 aromatic rings. The molecule has 0 aliphatic rings. The van der Waals surface area contributed by atoms with Gasteiger partial charge in [0.25, 0.3) is 11.3 Å². The number of halogens is 15. The highest BCUT2D eigenvalue weighted by Gasteiger charge is 2.75. The lowest BCUT2D eigenvalue weighted by Gasteiger charge is -2.36.